The van der Waals surface area contributed by atoms with Crippen LogP contribution in [0.1, 0.15) is 28.8 Å². The number of hydrogen-bond donors (Lipinski definition) is 2. The highest BCUT2D eigenvalue weighted by atomic mass is 35.5. The van der Waals surface area contributed by atoms with Gasteiger partial charge in [-0.1, -0.05) is 12.1 Å². The normalized spacial score (nSPS) is 17.0. The zero-order valence-corrected chi connectivity index (χ0v) is 13.2. The van der Waals surface area contributed by atoms with Crippen molar-refractivity contribution < 1.29 is 9.59 Å². The Morgan fingerprint density at radius 1 is 1.38 bits per heavy atom. The molecule has 1 atom stereocenters. The summed E-state index contributed by atoms with van der Waals surface area (Å²) in [6, 6.07) is 7.29. The summed E-state index contributed by atoms with van der Waals surface area (Å²) < 4.78 is 0. The third kappa shape index (κ3) is 4.72. The van der Waals surface area contributed by atoms with Crippen LogP contribution in [0.5, 0.6) is 0 Å². The zero-order chi connectivity index (χ0) is 14.5. The molecule has 1 fully saturated rings. The van der Waals surface area contributed by atoms with E-state index < -0.39 is 0 Å². The predicted molar refractivity (Wildman–Crippen MR) is 84.6 cm³/mol. The summed E-state index contributed by atoms with van der Waals surface area (Å²) in [7, 11) is 3.45. The number of amides is 2. The second kappa shape index (κ2) is 8.00. The van der Waals surface area contributed by atoms with Gasteiger partial charge in [0.05, 0.1) is 6.04 Å². The van der Waals surface area contributed by atoms with Gasteiger partial charge >= 0.3 is 0 Å². The molecule has 1 unspecified atom stereocenters. The molecule has 5 nitrogen and oxygen atoms in total. The van der Waals surface area contributed by atoms with Crippen LogP contribution in [0.2, 0.25) is 0 Å². The monoisotopic (exact) mass is 311 g/mol. The second-order valence-electron chi connectivity index (χ2n) is 5.27. The number of carbonyl (C=O) groups excluding carboxylic acids is 2. The van der Waals surface area contributed by atoms with E-state index in [0.29, 0.717) is 12.1 Å². The van der Waals surface area contributed by atoms with Crippen molar-refractivity contribution >= 4 is 24.2 Å². The van der Waals surface area contributed by atoms with E-state index in [1.54, 1.807) is 25.1 Å². The lowest BCUT2D eigenvalue weighted by molar-refractivity contribution is -0.122. The standard InChI is InChI=1S/C15H21N3O2.ClH/c1-18(2)15(20)12-6-3-5-11(9-12)10-17-14(19)13-7-4-8-16-13;/h3,5-6,9,13,16H,4,7-8,10H2,1-2H3,(H,17,19);1H. The van der Waals surface area contributed by atoms with Gasteiger partial charge in [-0.3, -0.25) is 9.59 Å². The summed E-state index contributed by atoms with van der Waals surface area (Å²) >= 11 is 0. The molecule has 0 bridgehead atoms. The fourth-order valence-corrected chi connectivity index (χ4v) is 2.29. The van der Waals surface area contributed by atoms with Gasteiger partial charge in [0.15, 0.2) is 0 Å². The van der Waals surface area contributed by atoms with E-state index in [-0.39, 0.29) is 30.3 Å². The Bertz CT molecular complexity index is 499. The predicted octanol–water partition coefficient (Wildman–Crippen LogP) is 1.18. The van der Waals surface area contributed by atoms with E-state index in [0.717, 1.165) is 24.9 Å². The molecule has 1 aromatic carbocycles. The van der Waals surface area contributed by atoms with E-state index in [1.165, 1.54) is 0 Å². The smallest absolute Gasteiger partial charge is 0.253 e. The molecule has 0 saturated carbocycles. The number of carbonyl (C=O) groups is 2. The van der Waals surface area contributed by atoms with Gasteiger partial charge in [-0.25, -0.2) is 0 Å². The molecule has 0 aliphatic carbocycles. The van der Waals surface area contributed by atoms with Crippen LogP contribution in [-0.2, 0) is 11.3 Å². The first-order valence-corrected chi connectivity index (χ1v) is 6.89. The van der Waals surface area contributed by atoms with Crippen molar-refractivity contribution in [2.24, 2.45) is 0 Å². The van der Waals surface area contributed by atoms with E-state index >= 15 is 0 Å². The lowest BCUT2D eigenvalue weighted by atomic mass is 10.1. The molecule has 1 aromatic rings. The molecule has 6 heteroatoms. The first-order chi connectivity index (χ1) is 9.58. The number of benzene rings is 1. The number of rotatable bonds is 4. The van der Waals surface area contributed by atoms with Gasteiger partial charge in [0, 0.05) is 26.2 Å². The molecule has 1 aliphatic rings. The highest BCUT2D eigenvalue weighted by Gasteiger charge is 2.21. The Morgan fingerprint density at radius 3 is 2.76 bits per heavy atom. The lowest BCUT2D eigenvalue weighted by Gasteiger charge is -2.13. The molecule has 1 aliphatic heterocycles. The van der Waals surface area contributed by atoms with Crippen molar-refractivity contribution in [1.82, 2.24) is 15.5 Å². The average molecular weight is 312 g/mol. The molecule has 0 radical (unpaired) electrons. The molecule has 0 spiro atoms. The number of nitrogens with zero attached hydrogens (tertiary/aromatic N) is 1. The van der Waals surface area contributed by atoms with Gasteiger partial charge in [0.25, 0.3) is 5.91 Å². The minimum Gasteiger partial charge on any atom is -0.351 e. The Balaban J connectivity index is 0.00000220. The molecule has 116 valence electrons. The molecule has 2 N–H and O–H groups in total. The molecular formula is C15H22ClN3O2. The Hall–Kier alpha value is -1.59. The van der Waals surface area contributed by atoms with Crippen LogP contribution in [0.3, 0.4) is 0 Å². The van der Waals surface area contributed by atoms with Crippen LogP contribution in [0.25, 0.3) is 0 Å². The third-order valence-corrected chi connectivity index (χ3v) is 3.42. The first kappa shape index (κ1) is 17.5. The lowest BCUT2D eigenvalue weighted by Crippen LogP contribution is -2.40. The highest BCUT2D eigenvalue weighted by molar-refractivity contribution is 5.94. The van der Waals surface area contributed by atoms with E-state index in [9.17, 15) is 9.59 Å². The van der Waals surface area contributed by atoms with Crippen LogP contribution in [-0.4, -0.2) is 43.4 Å². The minimum absolute atomic E-state index is 0. The van der Waals surface area contributed by atoms with Crippen molar-refractivity contribution in [1.29, 1.82) is 0 Å². The topological polar surface area (TPSA) is 61.4 Å². The maximum Gasteiger partial charge on any atom is 0.253 e. The molecule has 1 heterocycles. The number of nitrogens with one attached hydrogen (secondary N) is 2. The summed E-state index contributed by atoms with van der Waals surface area (Å²) in [6.45, 7) is 1.36. The van der Waals surface area contributed by atoms with Gasteiger partial charge < -0.3 is 15.5 Å². The van der Waals surface area contributed by atoms with Crippen molar-refractivity contribution in [2.45, 2.75) is 25.4 Å². The van der Waals surface area contributed by atoms with Gasteiger partial charge in [0.2, 0.25) is 5.91 Å². The first-order valence-electron chi connectivity index (χ1n) is 6.89. The Labute approximate surface area is 131 Å². The minimum atomic E-state index is -0.0680. The fourth-order valence-electron chi connectivity index (χ4n) is 2.29. The SMILES string of the molecule is CN(C)C(=O)c1cccc(CNC(=O)C2CCCN2)c1.Cl. The summed E-state index contributed by atoms with van der Waals surface area (Å²) in [5, 5.41) is 6.07. The zero-order valence-electron chi connectivity index (χ0n) is 12.4. The molecule has 0 aromatic heterocycles. The van der Waals surface area contributed by atoms with Crippen LogP contribution in [0.15, 0.2) is 24.3 Å². The summed E-state index contributed by atoms with van der Waals surface area (Å²) in [6.07, 6.45) is 1.94. The van der Waals surface area contributed by atoms with Gasteiger partial charge in [-0.15, -0.1) is 12.4 Å². The maximum atomic E-state index is 11.9. The van der Waals surface area contributed by atoms with Gasteiger partial charge in [-0.05, 0) is 37.1 Å². The van der Waals surface area contributed by atoms with E-state index in [1.807, 2.05) is 18.2 Å². The third-order valence-electron chi connectivity index (χ3n) is 3.42. The highest BCUT2D eigenvalue weighted by Crippen LogP contribution is 2.08. The molecule has 1 saturated heterocycles. The van der Waals surface area contributed by atoms with Gasteiger partial charge in [0.1, 0.15) is 0 Å². The van der Waals surface area contributed by atoms with Crippen LogP contribution in [0, 0.1) is 0 Å². The average Bonchev–Trinajstić information content (AvgIpc) is 2.98. The number of hydrogen-bond acceptors (Lipinski definition) is 3. The Morgan fingerprint density at radius 2 is 2.14 bits per heavy atom. The van der Waals surface area contributed by atoms with Crippen LogP contribution in [0.4, 0.5) is 0 Å². The molecule has 2 amide bonds. The Kier molecular flexibility index (Phi) is 6.65. The molecule has 21 heavy (non-hydrogen) atoms. The van der Waals surface area contributed by atoms with E-state index in [2.05, 4.69) is 10.6 Å². The van der Waals surface area contributed by atoms with Crippen molar-refractivity contribution in [3.05, 3.63) is 35.4 Å². The van der Waals surface area contributed by atoms with Crippen molar-refractivity contribution in [3.63, 3.8) is 0 Å². The molecular weight excluding hydrogens is 290 g/mol. The quantitative estimate of drug-likeness (QED) is 0.878. The largest absolute Gasteiger partial charge is 0.351 e. The van der Waals surface area contributed by atoms with Gasteiger partial charge in [-0.2, -0.15) is 0 Å². The summed E-state index contributed by atoms with van der Waals surface area (Å²) in [5.41, 5.74) is 1.57. The van der Waals surface area contributed by atoms with Crippen LogP contribution >= 0.6 is 12.4 Å². The molecule has 2 rings (SSSR count). The van der Waals surface area contributed by atoms with E-state index in [4.69, 9.17) is 0 Å². The van der Waals surface area contributed by atoms with Crippen molar-refractivity contribution in [2.75, 3.05) is 20.6 Å². The second-order valence-corrected chi connectivity index (χ2v) is 5.27. The fraction of sp³-hybridized carbons (Fsp3) is 0.467. The maximum absolute atomic E-state index is 11.9. The van der Waals surface area contributed by atoms with Crippen LogP contribution < -0.4 is 10.6 Å². The van der Waals surface area contributed by atoms with Crippen molar-refractivity contribution in [3.8, 4) is 0 Å². The number of halogens is 1. The summed E-state index contributed by atoms with van der Waals surface area (Å²) in [5.74, 6) is 0.00229. The summed E-state index contributed by atoms with van der Waals surface area (Å²) in [4.78, 5) is 25.3.